The molecule has 0 aliphatic heterocycles. The van der Waals surface area contributed by atoms with Gasteiger partial charge < -0.3 is 0 Å². The van der Waals surface area contributed by atoms with Crippen LogP contribution in [0.2, 0.25) is 0 Å². The summed E-state index contributed by atoms with van der Waals surface area (Å²) in [6, 6.07) is 1.63. The summed E-state index contributed by atoms with van der Waals surface area (Å²) in [6.45, 7) is 1.70. The van der Waals surface area contributed by atoms with E-state index < -0.39 is 0 Å². The van der Waals surface area contributed by atoms with Crippen LogP contribution in [0.25, 0.3) is 0 Å². The molecule has 1 aromatic rings. The predicted molar refractivity (Wildman–Crippen MR) is 36.6 cm³/mol. The molecular weight excluding hydrogens is 185 g/mol. The fourth-order valence-corrected chi connectivity index (χ4v) is 0.951. The molecule has 0 amide bonds. The van der Waals surface area contributed by atoms with Crippen LogP contribution in [-0.2, 0) is 0 Å². The Labute approximate surface area is 61.0 Å². The van der Waals surface area contributed by atoms with Gasteiger partial charge in [-0.15, -0.1) is 0 Å². The second kappa shape index (κ2) is 2.43. The van der Waals surface area contributed by atoms with Crippen LogP contribution in [0.5, 0.6) is 0 Å². The van der Waals surface area contributed by atoms with Gasteiger partial charge in [0.1, 0.15) is 10.4 Å². The van der Waals surface area contributed by atoms with Crippen LogP contribution in [0.3, 0.4) is 0 Å². The third kappa shape index (κ3) is 1.48. The summed E-state index contributed by atoms with van der Waals surface area (Å²) < 4.78 is 13.1. The number of hydrogen-bond acceptors (Lipinski definition) is 1. The highest BCUT2D eigenvalue weighted by atomic mass is 79.9. The quantitative estimate of drug-likeness (QED) is 0.572. The van der Waals surface area contributed by atoms with Crippen LogP contribution in [0.1, 0.15) is 5.56 Å². The third-order valence-electron chi connectivity index (χ3n) is 1.01. The first-order valence-corrected chi connectivity index (χ1v) is 3.27. The van der Waals surface area contributed by atoms with Crippen molar-refractivity contribution >= 4 is 15.9 Å². The standard InChI is InChI=1S/C6H5BrFN/c1-4-2-6(7)9-3-5(4)8/h2-3H,1H3. The van der Waals surface area contributed by atoms with Gasteiger partial charge in [0.05, 0.1) is 6.20 Å². The molecule has 1 rings (SSSR count). The first-order valence-electron chi connectivity index (χ1n) is 2.48. The number of nitrogens with zero attached hydrogens (tertiary/aromatic N) is 1. The van der Waals surface area contributed by atoms with E-state index in [1.165, 1.54) is 6.20 Å². The van der Waals surface area contributed by atoms with Crippen LogP contribution in [0, 0.1) is 12.7 Å². The van der Waals surface area contributed by atoms with E-state index >= 15 is 0 Å². The van der Waals surface area contributed by atoms with Gasteiger partial charge >= 0.3 is 0 Å². The molecule has 0 radical (unpaired) electrons. The van der Waals surface area contributed by atoms with Gasteiger partial charge in [0, 0.05) is 0 Å². The number of aromatic nitrogens is 1. The van der Waals surface area contributed by atoms with Crippen molar-refractivity contribution in [2.45, 2.75) is 6.92 Å². The van der Waals surface area contributed by atoms with Gasteiger partial charge in [-0.2, -0.15) is 0 Å². The van der Waals surface area contributed by atoms with Crippen LogP contribution < -0.4 is 0 Å². The smallest absolute Gasteiger partial charge is 0.144 e. The molecule has 0 unspecified atom stereocenters. The molecule has 0 N–H and O–H groups in total. The zero-order valence-electron chi connectivity index (χ0n) is 4.86. The highest BCUT2D eigenvalue weighted by Gasteiger charge is 1.95. The second-order valence-electron chi connectivity index (χ2n) is 1.76. The highest BCUT2D eigenvalue weighted by Crippen LogP contribution is 2.09. The number of hydrogen-bond donors (Lipinski definition) is 0. The van der Waals surface area contributed by atoms with Crippen LogP contribution in [0.4, 0.5) is 4.39 Å². The molecule has 0 bridgehead atoms. The molecule has 1 heterocycles. The van der Waals surface area contributed by atoms with Crippen molar-refractivity contribution in [1.29, 1.82) is 0 Å². The van der Waals surface area contributed by atoms with Crippen molar-refractivity contribution in [3.05, 3.63) is 28.2 Å². The minimum atomic E-state index is -0.266. The normalized spacial score (nSPS) is 9.67. The molecule has 0 aliphatic carbocycles. The van der Waals surface area contributed by atoms with Crippen molar-refractivity contribution in [1.82, 2.24) is 4.98 Å². The zero-order chi connectivity index (χ0) is 6.85. The molecule has 3 heteroatoms. The average molecular weight is 190 g/mol. The first-order chi connectivity index (χ1) is 4.20. The van der Waals surface area contributed by atoms with Gasteiger partial charge in [0.2, 0.25) is 0 Å². The number of pyridine rings is 1. The van der Waals surface area contributed by atoms with E-state index in [0.29, 0.717) is 10.2 Å². The Morgan fingerprint density at radius 2 is 2.33 bits per heavy atom. The molecule has 48 valence electrons. The maximum atomic E-state index is 12.4. The number of rotatable bonds is 0. The average Bonchev–Trinajstić information content (AvgIpc) is 1.80. The van der Waals surface area contributed by atoms with Gasteiger partial charge in [-0.3, -0.25) is 0 Å². The molecule has 1 aromatic heterocycles. The van der Waals surface area contributed by atoms with Gasteiger partial charge in [0.15, 0.2) is 0 Å². The van der Waals surface area contributed by atoms with Gasteiger partial charge in [-0.25, -0.2) is 9.37 Å². The second-order valence-corrected chi connectivity index (χ2v) is 2.57. The van der Waals surface area contributed by atoms with E-state index in [4.69, 9.17) is 0 Å². The van der Waals surface area contributed by atoms with Crippen LogP contribution >= 0.6 is 15.9 Å². The van der Waals surface area contributed by atoms with Crippen molar-refractivity contribution in [2.24, 2.45) is 0 Å². The van der Waals surface area contributed by atoms with Gasteiger partial charge in [0.25, 0.3) is 0 Å². The summed E-state index contributed by atoms with van der Waals surface area (Å²) in [4.78, 5) is 3.68. The molecule has 0 spiro atoms. The van der Waals surface area contributed by atoms with E-state index in [1.54, 1.807) is 13.0 Å². The third-order valence-corrected chi connectivity index (χ3v) is 1.45. The Morgan fingerprint density at radius 3 is 2.78 bits per heavy atom. The molecule has 0 saturated carbocycles. The minimum absolute atomic E-state index is 0.266. The van der Waals surface area contributed by atoms with E-state index in [0.717, 1.165) is 0 Å². The van der Waals surface area contributed by atoms with Crippen LogP contribution in [-0.4, -0.2) is 4.98 Å². The van der Waals surface area contributed by atoms with Gasteiger partial charge in [-0.05, 0) is 34.5 Å². The lowest BCUT2D eigenvalue weighted by atomic mass is 10.3. The summed E-state index contributed by atoms with van der Waals surface area (Å²) >= 11 is 3.12. The Balaban J connectivity index is 3.17. The van der Waals surface area contributed by atoms with Crippen molar-refractivity contribution in [2.75, 3.05) is 0 Å². The lowest BCUT2D eigenvalue weighted by Crippen LogP contribution is -1.83. The van der Waals surface area contributed by atoms with Crippen LogP contribution in [0.15, 0.2) is 16.9 Å². The molecule has 0 saturated heterocycles. The Morgan fingerprint density at radius 1 is 1.67 bits per heavy atom. The van der Waals surface area contributed by atoms with Crippen molar-refractivity contribution < 1.29 is 4.39 Å². The fraction of sp³-hybridized carbons (Fsp3) is 0.167. The fourth-order valence-electron chi connectivity index (χ4n) is 0.505. The predicted octanol–water partition coefficient (Wildman–Crippen LogP) is 2.29. The number of aryl methyl sites for hydroxylation is 1. The SMILES string of the molecule is Cc1cc(Br)ncc1F. The van der Waals surface area contributed by atoms with E-state index in [9.17, 15) is 4.39 Å². The molecule has 0 atom stereocenters. The summed E-state index contributed by atoms with van der Waals surface area (Å²) in [5.74, 6) is -0.266. The minimum Gasteiger partial charge on any atom is -0.246 e. The zero-order valence-corrected chi connectivity index (χ0v) is 6.44. The summed E-state index contributed by atoms with van der Waals surface area (Å²) in [5.41, 5.74) is 0.608. The molecular formula is C6H5BrFN. The Hall–Kier alpha value is -0.440. The number of halogens is 2. The molecule has 9 heavy (non-hydrogen) atoms. The van der Waals surface area contributed by atoms with Crippen molar-refractivity contribution in [3.63, 3.8) is 0 Å². The molecule has 0 aromatic carbocycles. The van der Waals surface area contributed by atoms with Gasteiger partial charge in [-0.1, -0.05) is 0 Å². The summed E-state index contributed by atoms with van der Waals surface area (Å²) in [6.07, 6.45) is 1.19. The monoisotopic (exact) mass is 189 g/mol. The topological polar surface area (TPSA) is 12.9 Å². The molecule has 1 nitrogen and oxygen atoms in total. The molecule has 0 fully saturated rings. The maximum absolute atomic E-state index is 12.4. The lowest BCUT2D eigenvalue weighted by Gasteiger charge is -1.92. The molecule has 0 aliphatic rings. The van der Waals surface area contributed by atoms with E-state index in [1.807, 2.05) is 0 Å². The largest absolute Gasteiger partial charge is 0.246 e. The highest BCUT2D eigenvalue weighted by molar-refractivity contribution is 9.10. The summed E-state index contributed by atoms with van der Waals surface area (Å²) in [5, 5.41) is 0. The Bertz CT molecular complexity index is 224. The van der Waals surface area contributed by atoms with E-state index in [-0.39, 0.29) is 5.82 Å². The summed E-state index contributed by atoms with van der Waals surface area (Å²) in [7, 11) is 0. The first kappa shape index (κ1) is 6.68. The van der Waals surface area contributed by atoms with E-state index in [2.05, 4.69) is 20.9 Å². The van der Waals surface area contributed by atoms with Crippen molar-refractivity contribution in [3.8, 4) is 0 Å². The Kier molecular flexibility index (Phi) is 1.81. The maximum Gasteiger partial charge on any atom is 0.144 e. The lowest BCUT2D eigenvalue weighted by molar-refractivity contribution is 0.611.